The number of nitriles is 1. The van der Waals surface area contributed by atoms with E-state index in [-0.39, 0.29) is 5.71 Å². The third kappa shape index (κ3) is 5.50. The predicted octanol–water partition coefficient (Wildman–Crippen LogP) is 2.25. The quantitative estimate of drug-likeness (QED) is 0.358. The molecule has 1 aromatic carbocycles. The second-order valence-corrected chi connectivity index (χ2v) is 4.15. The van der Waals surface area contributed by atoms with Crippen molar-refractivity contribution in [3.05, 3.63) is 29.8 Å². The Hall–Kier alpha value is -1.91. The van der Waals surface area contributed by atoms with Gasteiger partial charge in [-0.3, -0.25) is 8.84 Å². The summed E-state index contributed by atoms with van der Waals surface area (Å²) in [6.45, 7) is 2.72. The van der Waals surface area contributed by atoms with E-state index < -0.39 is 11.4 Å². The Morgan fingerprint density at radius 3 is 2.68 bits per heavy atom. The van der Waals surface area contributed by atoms with Crippen LogP contribution in [0.5, 0.6) is 5.75 Å². The highest BCUT2D eigenvalue weighted by atomic mass is 32.2. The number of rotatable bonds is 7. The molecule has 1 N–H and O–H groups in total. The Morgan fingerprint density at radius 2 is 2.16 bits per heavy atom. The molecule has 0 aliphatic rings. The van der Waals surface area contributed by atoms with Crippen LogP contribution in [0, 0.1) is 11.3 Å². The van der Waals surface area contributed by atoms with Crippen molar-refractivity contribution in [3.8, 4) is 11.8 Å². The van der Waals surface area contributed by atoms with E-state index in [1.807, 2.05) is 0 Å². The van der Waals surface area contributed by atoms with Gasteiger partial charge in [-0.05, 0) is 30.7 Å². The zero-order valence-corrected chi connectivity index (χ0v) is 11.2. The lowest BCUT2D eigenvalue weighted by Gasteiger charge is -2.05. The first-order valence-corrected chi connectivity index (χ1v) is 6.70. The maximum absolute atomic E-state index is 10.3. The molecule has 19 heavy (non-hydrogen) atoms. The molecule has 1 rings (SSSR count). The summed E-state index contributed by atoms with van der Waals surface area (Å²) in [5, 5.41) is 12.1. The molecule has 1 aromatic rings. The number of hydrogen-bond donors (Lipinski definition) is 1. The SMILES string of the molecule is CCCCOc1ccc(/C(C#N)=N/OS(=O)O)cc1. The number of oxime groups is 1. The van der Waals surface area contributed by atoms with Gasteiger partial charge in [0.05, 0.1) is 6.61 Å². The molecule has 0 radical (unpaired) electrons. The van der Waals surface area contributed by atoms with Gasteiger partial charge in [-0.25, -0.2) is 0 Å². The van der Waals surface area contributed by atoms with Crippen LogP contribution in [0.25, 0.3) is 0 Å². The van der Waals surface area contributed by atoms with Crippen molar-refractivity contribution in [2.75, 3.05) is 6.61 Å². The van der Waals surface area contributed by atoms with Gasteiger partial charge in [0.1, 0.15) is 11.8 Å². The first-order valence-electron chi connectivity index (χ1n) is 5.67. The summed E-state index contributed by atoms with van der Waals surface area (Å²) in [6, 6.07) is 8.45. The van der Waals surface area contributed by atoms with Crippen LogP contribution in [0.3, 0.4) is 0 Å². The van der Waals surface area contributed by atoms with Crippen LogP contribution >= 0.6 is 0 Å². The van der Waals surface area contributed by atoms with E-state index in [9.17, 15) is 4.21 Å². The van der Waals surface area contributed by atoms with E-state index in [0.717, 1.165) is 12.8 Å². The number of benzene rings is 1. The number of ether oxygens (including phenoxy) is 1. The molecular formula is C12H14N2O4S. The molecule has 0 fully saturated rings. The fourth-order valence-electron chi connectivity index (χ4n) is 1.25. The van der Waals surface area contributed by atoms with Gasteiger partial charge in [-0.15, -0.1) is 0 Å². The average Bonchev–Trinajstić information content (AvgIpc) is 2.41. The van der Waals surface area contributed by atoms with Gasteiger partial charge >= 0.3 is 11.4 Å². The van der Waals surface area contributed by atoms with E-state index >= 15 is 0 Å². The molecule has 0 aliphatic heterocycles. The Morgan fingerprint density at radius 1 is 1.47 bits per heavy atom. The minimum Gasteiger partial charge on any atom is -0.494 e. The first-order chi connectivity index (χ1) is 9.17. The smallest absolute Gasteiger partial charge is 0.378 e. The highest BCUT2D eigenvalue weighted by Gasteiger charge is 2.05. The molecule has 0 heterocycles. The lowest BCUT2D eigenvalue weighted by molar-refractivity contribution is 0.309. The van der Waals surface area contributed by atoms with Crippen LogP contribution in [0.2, 0.25) is 0 Å². The second-order valence-electron chi connectivity index (χ2n) is 3.57. The van der Waals surface area contributed by atoms with Crippen LogP contribution in [-0.2, 0) is 15.6 Å². The summed E-state index contributed by atoms with van der Waals surface area (Å²) in [5.41, 5.74) is 0.401. The lowest BCUT2D eigenvalue weighted by atomic mass is 10.1. The van der Waals surface area contributed by atoms with Crippen LogP contribution < -0.4 is 4.74 Å². The summed E-state index contributed by atoms with van der Waals surface area (Å²) in [5.74, 6) is 0.696. The topological polar surface area (TPSA) is 91.9 Å². The van der Waals surface area contributed by atoms with Crippen molar-refractivity contribution < 1.29 is 17.8 Å². The Bertz CT molecular complexity index is 493. The van der Waals surface area contributed by atoms with Crippen LogP contribution in [0.15, 0.2) is 29.4 Å². The minimum absolute atomic E-state index is 0.0810. The molecule has 0 saturated heterocycles. The lowest BCUT2D eigenvalue weighted by Crippen LogP contribution is -2.01. The standard InChI is InChI=1S/C12H14N2O4S/c1-2-3-8-17-11-6-4-10(5-7-11)12(9-13)14-18-19(15)16/h4-7H,2-3,8H2,1H3,(H,15,16)/b14-12+. The molecule has 1 atom stereocenters. The molecule has 0 aliphatic carbocycles. The summed E-state index contributed by atoms with van der Waals surface area (Å²) >= 11 is -2.53. The molecule has 6 nitrogen and oxygen atoms in total. The predicted molar refractivity (Wildman–Crippen MR) is 70.9 cm³/mol. The Balaban J connectivity index is 2.71. The maximum Gasteiger partial charge on any atom is 0.378 e. The second kappa shape index (κ2) is 8.24. The highest BCUT2D eigenvalue weighted by Crippen LogP contribution is 2.13. The van der Waals surface area contributed by atoms with E-state index in [4.69, 9.17) is 14.6 Å². The summed E-state index contributed by atoms with van der Waals surface area (Å²) < 4.78 is 28.3. The van der Waals surface area contributed by atoms with E-state index in [0.29, 0.717) is 17.9 Å². The van der Waals surface area contributed by atoms with Crippen molar-refractivity contribution in [2.45, 2.75) is 19.8 Å². The van der Waals surface area contributed by atoms with Gasteiger partial charge in [0.15, 0.2) is 5.71 Å². The van der Waals surface area contributed by atoms with E-state index in [1.54, 1.807) is 30.3 Å². The van der Waals surface area contributed by atoms with Crippen molar-refractivity contribution in [1.29, 1.82) is 5.26 Å². The number of unbranched alkanes of at least 4 members (excludes halogenated alkanes) is 1. The highest BCUT2D eigenvalue weighted by molar-refractivity contribution is 7.74. The molecule has 0 spiro atoms. The largest absolute Gasteiger partial charge is 0.494 e. The minimum atomic E-state index is -2.53. The zero-order chi connectivity index (χ0) is 14.1. The third-order valence-corrected chi connectivity index (χ3v) is 2.39. The van der Waals surface area contributed by atoms with Gasteiger partial charge in [-0.1, -0.05) is 18.5 Å². The van der Waals surface area contributed by atoms with Crippen LogP contribution in [-0.4, -0.2) is 21.1 Å². The summed E-state index contributed by atoms with van der Waals surface area (Å²) in [7, 11) is 0. The Labute approximate surface area is 114 Å². The van der Waals surface area contributed by atoms with Crippen molar-refractivity contribution in [2.24, 2.45) is 5.16 Å². The molecule has 0 saturated carbocycles. The van der Waals surface area contributed by atoms with Gasteiger partial charge in [0, 0.05) is 5.56 Å². The summed E-state index contributed by atoms with van der Waals surface area (Å²) in [4.78, 5) is 0. The van der Waals surface area contributed by atoms with Gasteiger partial charge < -0.3 is 4.74 Å². The number of hydrogen-bond acceptors (Lipinski definition) is 5. The molecule has 0 aromatic heterocycles. The van der Waals surface area contributed by atoms with Crippen molar-refractivity contribution in [3.63, 3.8) is 0 Å². The van der Waals surface area contributed by atoms with Crippen LogP contribution in [0.1, 0.15) is 25.3 Å². The monoisotopic (exact) mass is 282 g/mol. The number of nitrogens with zero attached hydrogens (tertiary/aromatic N) is 2. The molecule has 102 valence electrons. The van der Waals surface area contributed by atoms with E-state index in [2.05, 4.69) is 16.4 Å². The van der Waals surface area contributed by atoms with Gasteiger partial charge in [0.25, 0.3) is 0 Å². The van der Waals surface area contributed by atoms with Gasteiger partial charge in [0.2, 0.25) is 0 Å². The molecule has 0 bridgehead atoms. The molecular weight excluding hydrogens is 268 g/mol. The van der Waals surface area contributed by atoms with Gasteiger partial charge in [-0.2, -0.15) is 9.47 Å². The van der Waals surface area contributed by atoms with Crippen LogP contribution in [0.4, 0.5) is 0 Å². The maximum atomic E-state index is 10.3. The van der Waals surface area contributed by atoms with E-state index in [1.165, 1.54) is 0 Å². The fraction of sp³-hybridized carbons (Fsp3) is 0.333. The first kappa shape index (κ1) is 15.1. The molecule has 1 unspecified atom stereocenters. The molecule has 7 heteroatoms. The fourth-order valence-corrected chi connectivity index (χ4v) is 1.39. The Kier molecular flexibility index (Phi) is 6.57. The molecule has 0 amide bonds. The third-order valence-electron chi connectivity index (χ3n) is 2.19. The van der Waals surface area contributed by atoms with Crippen molar-refractivity contribution in [1.82, 2.24) is 0 Å². The normalized spacial score (nSPS) is 12.6. The average molecular weight is 282 g/mol. The zero-order valence-electron chi connectivity index (χ0n) is 10.4. The van der Waals surface area contributed by atoms with Crippen molar-refractivity contribution >= 4 is 17.1 Å². The summed E-state index contributed by atoms with van der Waals surface area (Å²) in [6.07, 6.45) is 2.03.